The summed E-state index contributed by atoms with van der Waals surface area (Å²) in [5.74, 6) is -0.183. The van der Waals surface area contributed by atoms with E-state index in [9.17, 15) is 19.7 Å². The van der Waals surface area contributed by atoms with Crippen molar-refractivity contribution in [2.45, 2.75) is 20.0 Å². The number of benzene rings is 4. The molecule has 36 heavy (non-hydrogen) atoms. The normalized spacial score (nSPS) is 11.5. The van der Waals surface area contributed by atoms with Crippen LogP contribution in [0.4, 0.5) is 17.1 Å². The van der Waals surface area contributed by atoms with Crippen LogP contribution in [0.5, 0.6) is 5.75 Å². The van der Waals surface area contributed by atoms with Gasteiger partial charge in [-0.25, -0.2) is 0 Å². The van der Waals surface area contributed by atoms with Crippen LogP contribution in [0, 0.1) is 10.1 Å². The van der Waals surface area contributed by atoms with Crippen LogP contribution >= 0.6 is 0 Å². The summed E-state index contributed by atoms with van der Waals surface area (Å²) in [6.07, 6.45) is -0.838. The van der Waals surface area contributed by atoms with Crippen molar-refractivity contribution in [2.24, 2.45) is 0 Å². The number of carbonyl (C=O) groups is 2. The molecule has 182 valence electrons. The summed E-state index contributed by atoms with van der Waals surface area (Å²) in [6, 6.07) is 26.0. The Morgan fingerprint density at radius 1 is 0.944 bits per heavy atom. The summed E-state index contributed by atoms with van der Waals surface area (Å²) < 4.78 is 5.58. The third kappa shape index (κ3) is 5.33. The molecule has 0 heterocycles. The minimum Gasteiger partial charge on any atom is -0.481 e. The summed E-state index contributed by atoms with van der Waals surface area (Å²) in [7, 11) is 0. The number of nitrogens with zero attached hydrogens (tertiary/aromatic N) is 2. The van der Waals surface area contributed by atoms with Crippen LogP contribution in [0.25, 0.3) is 10.8 Å². The zero-order chi connectivity index (χ0) is 25.7. The van der Waals surface area contributed by atoms with Crippen molar-refractivity contribution in [1.29, 1.82) is 0 Å². The van der Waals surface area contributed by atoms with Gasteiger partial charge in [-0.15, -0.1) is 0 Å². The number of hydrogen-bond donors (Lipinski definition) is 1. The van der Waals surface area contributed by atoms with E-state index < -0.39 is 16.9 Å². The number of hydrogen-bond acceptors (Lipinski definition) is 5. The summed E-state index contributed by atoms with van der Waals surface area (Å²) in [4.78, 5) is 37.9. The van der Waals surface area contributed by atoms with Crippen LogP contribution in [0.3, 0.4) is 0 Å². The molecular weight excluding hydrogens is 458 g/mol. The maximum Gasteiger partial charge on any atom is 0.269 e. The maximum absolute atomic E-state index is 13.3. The molecule has 0 spiro atoms. The summed E-state index contributed by atoms with van der Waals surface area (Å²) in [6.45, 7) is 4.02. The van der Waals surface area contributed by atoms with Gasteiger partial charge in [-0.2, -0.15) is 0 Å². The quantitative estimate of drug-likeness (QED) is 0.251. The van der Waals surface area contributed by atoms with Gasteiger partial charge in [-0.1, -0.05) is 36.4 Å². The van der Waals surface area contributed by atoms with Crippen LogP contribution in [-0.2, 0) is 4.79 Å². The monoisotopic (exact) mass is 483 g/mol. The molecule has 4 aromatic rings. The van der Waals surface area contributed by atoms with Gasteiger partial charge in [-0.3, -0.25) is 19.7 Å². The van der Waals surface area contributed by atoms with Crippen LogP contribution in [0.2, 0.25) is 0 Å². The third-order valence-corrected chi connectivity index (χ3v) is 5.75. The smallest absolute Gasteiger partial charge is 0.269 e. The average Bonchev–Trinajstić information content (AvgIpc) is 2.90. The Bertz CT molecular complexity index is 1400. The topological polar surface area (TPSA) is 102 Å². The molecule has 4 rings (SSSR count). The molecule has 1 unspecified atom stereocenters. The number of non-ortho nitro benzene ring substituents is 1. The lowest BCUT2D eigenvalue weighted by atomic mass is 10.1. The fraction of sp³-hybridized carbons (Fsp3) is 0.143. The van der Waals surface area contributed by atoms with E-state index in [0.29, 0.717) is 23.5 Å². The van der Waals surface area contributed by atoms with Crippen molar-refractivity contribution in [3.8, 4) is 5.75 Å². The summed E-state index contributed by atoms with van der Waals surface area (Å²) in [5, 5.41) is 15.6. The minimum absolute atomic E-state index is 0.0591. The lowest BCUT2D eigenvalue weighted by Crippen LogP contribution is -2.31. The number of nitro groups is 1. The van der Waals surface area contributed by atoms with Crippen molar-refractivity contribution in [1.82, 2.24) is 0 Å². The van der Waals surface area contributed by atoms with Gasteiger partial charge in [0.1, 0.15) is 5.75 Å². The Hall–Kier alpha value is -4.72. The first kappa shape index (κ1) is 24.4. The van der Waals surface area contributed by atoms with E-state index in [2.05, 4.69) is 5.32 Å². The highest BCUT2D eigenvalue weighted by atomic mass is 16.6. The predicted octanol–water partition coefficient (Wildman–Crippen LogP) is 5.82. The molecule has 0 bridgehead atoms. The first-order valence-corrected chi connectivity index (χ1v) is 11.5. The molecule has 8 heteroatoms. The maximum atomic E-state index is 13.3. The first-order valence-electron chi connectivity index (χ1n) is 11.5. The lowest BCUT2D eigenvalue weighted by Gasteiger charge is -2.23. The predicted molar refractivity (Wildman–Crippen MR) is 140 cm³/mol. The Morgan fingerprint density at radius 3 is 2.28 bits per heavy atom. The zero-order valence-corrected chi connectivity index (χ0v) is 19.9. The molecule has 0 aliphatic carbocycles. The molecule has 4 aromatic carbocycles. The molecule has 1 atom stereocenters. The fourth-order valence-electron chi connectivity index (χ4n) is 3.87. The molecular formula is C28H25N3O5. The number of amides is 2. The highest BCUT2D eigenvalue weighted by molar-refractivity contribution is 6.11. The molecule has 0 fully saturated rings. The third-order valence-electron chi connectivity index (χ3n) is 5.75. The molecule has 1 N–H and O–H groups in total. The molecule has 0 aliphatic rings. The van der Waals surface area contributed by atoms with Crippen LogP contribution in [0.1, 0.15) is 24.2 Å². The Labute approximate surface area is 208 Å². The molecule has 0 saturated heterocycles. The van der Waals surface area contributed by atoms with Gasteiger partial charge < -0.3 is 15.0 Å². The molecule has 2 amide bonds. The number of rotatable bonds is 8. The van der Waals surface area contributed by atoms with Gasteiger partial charge in [0.05, 0.1) is 10.6 Å². The number of nitrogens with one attached hydrogen (secondary N) is 1. The van der Waals surface area contributed by atoms with Gasteiger partial charge in [0.25, 0.3) is 17.5 Å². The number of fused-ring (bicyclic) bond motifs is 1. The zero-order valence-electron chi connectivity index (χ0n) is 19.9. The molecule has 0 aromatic heterocycles. The number of ether oxygens (including phenoxy) is 1. The van der Waals surface area contributed by atoms with Gasteiger partial charge in [0.2, 0.25) is 0 Å². The van der Waals surface area contributed by atoms with E-state index in [1.165, 1.54) is 24.3 Å². The van der Waals surface area contributed by atoms with Gasteiger partial charge in [0.15, 0.2) is 6.10 Å². The van der Waals surface area contributed by atoms with Crippen molar-refractivity contribution in [3.63, 3.8) is 0 Å². The van der Waals surface area contributed by atoms with Crippen LogP contribution in [0.15, 0.2) is 91.0 Å². The number of nitro benzene ring substituents is 1. The second kappa shape index (κ2) is 10.7. The number of carbonyl (C=O) groups excluding carboxylic acids is 2. The molecule has 0 aliphatic heterocycles. The second-order valence-electron chi connectivity index (χ2n) is 8.13. The van der Waals surface area contributed by atoms with E-state index in [-0.39, 0.29) is 11.6 Å². The molecule has 0 saturated carbocycles. The number of anilines is 2. The van der Waals surface area contributed by atoms with Crippen LogP contribution in [-0.4, -0.2) is 29.4 Å². The Balaban J connectivity index is 1.43. The minimum atomic E-state index is -0.838. The molecule has 8 nitrogen and oxygen atoms in total. The summed E-state index contributed by atoms with van der Waals surface area (Å²) >= 11 is 0. The van der Waals surface area contributed by atoms with Gasteiger partial charge in [-0.05, 0) is 61.7 Å². The SMILES string of the molecule is CCN(C(=O)c1ccc(NC(=O)C(C)Oc2ccc([N+](=O)[O-])cc2)cc1)c1cccc2ccccc12. The lowest BCUT2D eigenvalue weighted by molar-refractivity contribution is -0.384. The second-order valence-corrected chi connectivity index (χ2v) is 8.13. The standard InChI is InChI=1S/C28H25N3O5/c1-3-30(26-10-6-8-20-7-4-5-9-25(20)26)28(33)21-11-13-22(14-12-21)29-27(32)19(2)36-24-17-15-23(16-18-24)31(34)35/h4-19H,3H2,1-2H3,(H,29,32). The van der Waals surface area contributed by atoms with Crippen molar-refractivity contribution in [2.75, 3.05) is 16.8 Å². The average molecular weight is 484 g/mol. The van der Waals surface area contributed by atoms with Gasteiger partial charge in [0, 0.05) is 35.3 Å². The Morgan fingerprint density at radius 2 is 1.61 bits per heavy atom. The highest BCUT2D eigenvalue weighted by Crippen LogP contribution is 2.28. The largest absolute Gasteiger partial charge is 0.481 e. The van der Waals surface area contributed by atoms with Crippen molar-refractivity contribution in [3.05, 3.63) is 107 Å². The van der Waals surface area contributed by atoms with Crippen LogP contribution < -0.4 is 15.0 Å². The molecule has 0 radical (unpaired) electrons. The summed E-state index contributed by atoms with van der Waals surface area (Å²) in [5.41, 5.74) is 1.80. The van der Waals surface area contributed by atoms with Crippen molar-refractivity contribution >= 4 is 39.6 Å². The van der Waals surface area contributed by atoms with Crippen molar-refractivity contribution < 1.29 is 19.2 Å². The van der Waals surface area contributed by atoms with E-state index in [0.717, 1.165) is 16.5 Å². The Kier molecular flexibility index (Phi) is 7.25. The van der Waals surface area contributed by atoms with E-state index >= 15 is 0 Å². The van der Waals surface area contributed by atoms with Gasteiger partial charge >= 0.3 is 0 Å². The highest BCUT2D eigenvalue weighted by Gasteiger charge is 2.19. The first-order chi connectivity index (χ1) is 17.4. The fourth-order valence-corrected chi connectivity index (χ4v) is 3.87. The van der Waals surface area contributed by atoms with E-state index in [4.69, 9.17) is 4.74 Å². The van der Waals surface area contributed by atoms with E-state index in [1.54, 1.807) is 36.1 Å². The van der Waals surface area contributed by atoms with E-state index in [1.807, 2.05) is 49.4 Å².